The lowest BCUT2D eigenvalue weighted by Crippen LogP contribution is -2.07. The molecule has 0 unspecified atom stereocenters. The molecule has 29 heavy (non-hydrogen) atoms. The Morgan fingerprint density at radius 2 is 1.31 bits per heavy atom. The number of rotatable bonds is 19. The highest BCUT2D eigenvalue weighted by Gasteiger charge is 2.03. The van der Waals surface area contributed by atoms with Crippen LogP contribution in [0.2, 0.25) is 0 Å². The molecule has 2 heteroatoms. The first kappa shape index (κ1) is 25.5. The summed E-state index contributed by atoms with van der Waals surface area (Å²) in [6.07, 6.45) is 24.2. The Morgan fingerprint density at radius 3 is 1.93 bits per heavy atom. The molecule has 1 rings (SSSR count). The zero-order valence-corrected chi connectivity index (χ0v) is 18.9. The van der Waals surface area contributed by atoms with Crippen molar-refractivity contribution in [1.29, 1.82) is 0 Å². The molecule has 0 saturated carbocycles. The number of carbonyl (C=O) groups is 1. The van der Waals surface area contributed by atoms with Crippen LogP contribution in [0.15, 0.2) is 42.5 Å². The van der Waals surface area contributed by atoms with Gasteiger partial charge in [-0.25, -0.2) is 0 Å². The van der Waals surface area contributed by atoms with Crippen LogP contribution >= 0.6 is 0 Å². The van der Waals surface area contributed by atoms with E-state index in [-0.39, 0.29) is 5.97 Å². The van der Waals surface area contributed by atoms with Gasteiger partial charge in [0.25, 0.3) is 0 Å². The van der Waals surface area contributed by atoms with Crippen molar-refractivity contribution < 1.29 is 9.53 Å². The molecule has 0 N–H and O–H groups in total. The first-order chi connectivity index (χ1) is 14.3. The van der Waals surface area contributed by atoms with E-state index < -0.39 is 0 Å². The van der Waals surface area contributed by atoms with Crippen molar-refractivity contribution in [3.63, 3.8) is 0 Å². The number of carbonyl (C=O) groups excluding carboxylic acids is 1. The lowest BCUT2D eigenvalue weighted by atomic mass is 10.1. The van der Waals surface area contributed by atoms with Crippen LogP contribution in [0.4, 0.5) is 0 Å². The van der Waals surface area contributed by atoms with Gasteiger partial charge < -0.3 is 4.74 Å². The molecule has 0 radical (unpaired) electrons. The van der Waals surface area contributed by atoms with E-state index in [4.69, 9.17) is 4.74 Å². The standard InChI is InChI=1S/C27H44O2/c1-2-3-4-5-6-7-8-9-10-11-12-13-14-15-16-20-25-29-27(28)24-23-26-21-18-17-19-22-26/h9-10,17-19,21-22H,2-8,11-16,20,23-25H2,1H3/b10-9-. The summed E-state index contributed by atoms with van der Waals surface area (Å²) in [7, 11) is 0. The van der Waals surface area contributed by atoms with Crippen LogP contribution in [-0.4, -0.2) is 12.6 Å². The third-order valence-corrected chi connectivity index (χ3v) is 5.38. The quantitative estimate of drug-likeness (QED) is 0.133. The van der Waals surface area contributed by atoms with Gasteiger partial charge >= 0.3 is 5.97 Å². The maximum atomic E-state index is 11.7. The molecule has 0 atom stereocenters. The highest BCUT2D eigenvalue weighted by molar-refractivity contribution is 5.69. The summed E-state index contributed by atoms with van der Waals surface area (Å²) in [5.74, 6) is -0.0680. The molecule has 0 fully saturated rings. The van der Waals surface area contributed by atoms with Crippen molar-refractivity contribution in [3.05, 3.63) is 48.0 Å². The molecule has 0 aromatic heterocycles. The molecule has 0 heterocycles. The van der Waals surface area contributed by atoms with Crippen LogP contribution in [0.25, 0.3) is 0 Å². The van der Waals surface area contributed by atoms with Gasteiger partial charge in [0.2, 0.25) is 0 Å². The summed E-state index contributed by atoms with van der Waals surface area (Å²) in [4.78, 5) is 11.7. The summed E-state index contributed by atoms with van der Waals surface area (Å²) in [5.41, 5.74) is 1.20. The van der Waals surface area contributed by atoms with Crippen LogP contribution in [-0.2, 0) is 16.0 Å². The van der Waals surface area contributed by atoms with Gasteiger partial charge in [0.15, 0.2) is 0 Å². The smallest absolute Gasteiger partial charge is 0.306 e. The van der Waals surface area contributed by atoms with Crippen molar-refractivity contribution in [1.82, 2.24) is 0 Å². The van der Waals surface area contributed by atoms with E-state index in [0.29, 0.717) is 13.0 Å². The average molecular weight is 401 g/mol. The number of unbranched alkanes of at least 4 members (excludes halogenated alkanes) is 12. The number of hydrogen-bond donors (Lipinski definition) is 0. The fraction of sp³-hybridized carbons (Fsp3) is 0.667. The predicted octanol–water partition coefficient (Wildman–Crippen LogP) is 8.20. The number of hydrogen-bond acceptors (Lipinski definition) is 2. The Labute approximate surface area is 180 Å². The lowest BCUT2D eigenvalue weighted by Gasteiger charge is -2.05. The minimum Gasteiger partial charge on any atom is -0.466 e. The van der Waals surface area contributed by atoms with Gasteiger partial charge in [-0.2, -0.15) is 0 Å². The molecule has 2 nitrogen and oxygen atoms in total. The Hall–Kier alpha value is -1.57. The Balaban J connectivity index is 1.78. The summed E-state index contributed by atoms with van der Waals surface area (Å²) >= 11 is 0. The normalized spacial score (nSPS) is 11.2. The maximum Gasteiger partial charge on any atom is 0.306 e. The van der Waals surface area contributed by atoms with E-state index in [1.165, 1.54) is 89.0 Å². The summed E-state index contributed by atoms with van der Waals surface area (Å²) in [6.45, 7) is 2.85. The van der Waals surface area contributed by atoms with Gasteiger partial charge in [0.05, 0.1) is 6.61 Å². The summed E-state index contributed by atoms with van der Waals surface area (Å²) < 4.78 is 5.33. The first-order valence-electron chi connectivity index (χ1n) is 12.2. The second-order valence-corrected chi connectivity index (χ2v) is 8.14. The van der Waals surface area contributed by atoms with Gasteiger partial charge in [0.1, 0.15) is 0 Å². The number of aryl methyl sites for hydroxylation is 1. The van der Waals surface area contributed by atoms with Gasteiger partial charge in [0, 0.05) is 6.42 Å². The van der Waals surface area contributed by atoms with Gasteiger partial charge in [-0.05, 0) is 44.1 Å². The molecule has 0 aliphatic rings. The monoisotopic (exact) mass is 400 g/mol. The molecule has 1 aromatic rings. The van der Waals surface area contributed by atoms with E-state index >= 15 is 0 Å². The van der Waals surface area contributed by atoms with Gasteiger partial charge in [-0.15, -0.1) is 0 Å². The van der Waals surface area contributed by atoms with Crippen LogP contribution in [0.5, 0.6) is 0 Å². The van der Waals surface area contributed by atoms with Gasteiger partial charge in [-0.1, -0.05) is 107 Å². The van der Waals surface area contributed by atoms with E-state index in [1.54, 1.807) is 0 Å². The van der Waals surface area contributed by atoms with E-state index in [1.807, 2.05) is 18.2 Å². The molecule has 0 aliphatic heterocycles. The second-order valence-electron chi connectivity index (χ2n) is 8.14. The molecule has 0 aliphatic carbocycles. The van der Waals surface area contributed by atoms with Crippen LogP contribution < -0.4 is 0 Å². The second kappa shape index (κ2) is 19.7. The average Bonchev–Trinajstić information content (AvgIpc) is 2.75. The zero-order chi connectivity index (χ0) is 20.8. The third-order valence-electron chi connectivity index (χ3n) is 5.38. The summed E-state index contributed by atoms with van der Waals surface area (Å²) in [5, 5.41) is 0. The van der Waals surface area contributed by atoms with Crippen molar-refractivity contribution >= 4 is 5.97 Å². The van der Waals surface area contributed by atoms with E-state index in [9.17, 15) is 4.79 Å². The minimum absolute atomic E-state index is 0.0680. The highest BCUT2D eigenvalue weighted by atomic mass is 16.5. The van der Waals surface area contributed by atoms with Crippen molar-refractivity contribution in [2.24, 2.45) is 0 Å². The first-order valence-corrected chi connectivity index (χ1v) is 12.2. The molecule has 1 aromatic carbocycles. The zero-order valence-electron chi connectivity index (χ0n) is 18.9. The topological polar surface area (TPSA) is 26.3 Å². The predicted molar refractivity (Wildman–Crippen MR) is 125 cm³/mol. The molecule has 0 amide bonds. The van der Waals surface area contributed by atoms with Gasteiger partial charge in [-0.3, -0.25) is 4.79 Å². The molecule has 0 saturated heterocycles. The molecule has 0 bridgehead atoms. The van der Waals surface area contributed by atoms with Crippen LogP contribution in [0, 0.1) is 0 Å². The molecule has 164 valence electrons. The highest BCUT2D eigenvalue weighted by Crippen LogP contribution is 2.10. The Kier molecular flexibility index (Phi) is 17.3. The molecular formula is C27H44O2. The molecular weight excluding hydrogens is 356 g/mol. The van der Waals surface area contributed by atoms with Crippen molar-refractivity contribution in [3.8, 4) is 0 Å². The van der Waals surface area contributed by atoms with Crippen LogP contribution in [0.1, 0.15) is 109 Å². The third kappa shape index (κ3) is 17.0. The maximum absolute atomic E-state index is 11.7. The molecule has 0 spiro atoms. The SMILES string of the molecule is CCCCCCCC/C=C\CCCCCCCCOC(=O)CCc1ccccc1. The number of ether oxygens (including phenoxy) is 1. The number of benzene rings is 1. The Morgan fingerprint density at radius 1 is 0.759 bits per heavy atom. The summed E-state index contributed by atoms with van der Waals surface area (Å²) in [6, 6.07) is 10.1. The fourth-order valence-electron chi connectivity index (χ4n) is 3.50. The van der Waals surface area contributed by atoms with Crippen LogP contribution in [0.3, 0.4) is 0 Å². The lowest BCUT2D eigenvalue weighted by molar-refractivity contribution is -0.143. The van der Waals surface area contributed by atoms with E-state index in [2.05, 4.69) is 31.2 Å². The van der Waals surface area contributed by atoms with E-state index in [0.717, 1.165) is 12.8 Å². The van der Waals surface area contributed by atoms with Crippen molar-refractivity contribution in [2.75, 3.05) is 6.61 Å². The van der Waals surface area contributed by atoms with Crippen molar-refractivity contribution in [2.45, 2.75) is 110 Å². The fourth-order valence-corrected chi connectivity index (χ4v) is 3.50. The minimum atomic E-state index is -0.0680. The number of allylic oxidation sites excluding steroid dienone is 2. The Bertz CT molecular complexity index is 507. The number of esters is 1. The largest absolute Gasteiger partial charge is 0.466 e.